The lowest BCUT2D eigenvalue weighted by Crippen LogP contribution is -2.13. The second-order valence-corrected chi connectivity index (χ2v) is 3.49. The highest BCUT2D eigenvalue weighted by Gasteiger charge is 2.14. The molecule has 0 bridgehead atoms. The molecule has 3 heteroatoms. The maximum atomic E-state index is 11.3. The summed E-state index contributed by atoms with van der Waals surface area (Å²) < 4.78 is 0. The molecule has 0 saturated carbocycles. The van der Waals surface area contributed by atoms with Crippen molar-refractivity contribution < 1.29 is 14.6 Å². The Labute approximate surface area is 78.6 Å². The van der Waals surface area contributed by atoms with Crippen molar-refractivity contribution in [2.24, 2.45) is 0 Å². The number of carbonyl (C=O) groups excluding carboxylic acids is 1. The van der Waals surface area contributed by atoms with Gasteiger partial charge in [0, 0.05) is 5.57 Å². The average molecular weight is 184 g/mol. The van der Waals surface area contributed by atoms with Crippen molar-refractivity contribution in [1.82, 2.24) is 0 Å². The lowest BCUT2D eigenvalue weighted by molar-refractivity contribution is -0.287. The molecule has 0 aliphatic heterocycles. The zero-order valence-corrected chi connectivity index (χ0v) is 8.21. The quantitative estimate of drug-likeness (QED) is 0.499. The lowest BCUT2D eigenvalue weighted by atomic mass is 10.00. The van der Waals surface area contributed by atoms with Crippen LogP contribution >= 0.6 is 0 Å². The zero-order valence-electron chi connectivity index (χ0n) is 8.21. The van der Waals surface area contributed by atoms with Crippen LogP contribution in [0.3, 0.4) is 0 Å². The van der Waals surface area contributed by atoms with Crippen LogP contribution in [0.4, 0.5) is 0 Å². The Balaban J connectivity index is 2.34. The fourth-order valence-corrected chi connectivity index (χ4v) is 1.22. The Morgan fingerprint density at radius 2 is 2.23 bits per heavy atom. The SMILES string of the molecule is CC(C)OOC(=O)C1=CCCCC1. The van der Waals surface area contributed by atoms with Gasteiger partial charge in [-0.05, 0) is 39.5 Å². The van der Waals surface area contributed by atoms with E-state index in [1.54, 1.807) is 0 Å². The van der Waals surface area contributed by atoms with Crippen LogP contribution in [0.1, 0.15) is 39.5 Å². The molecule has 0 spiro atoms. The highest BCUT2D eigenvalue weighted by atomic mass is 17.2. The largest absolute Gasteiger partial charge is 0.368 e. The molecule has 13 heavy (non-hydrogen) atoms. The summed E-state index contributed by atoms with van der Waals surface area (Å²) >= 11 is 0. The van der Waals surface area contributed by atoms with Gasteiger partial charge >= 0.3 is 5.97 Å². The van der Waals surface area contributed by atoms with Gasteiger partial charge in [-0.15, -0.1) is 0 Å². The molecule has 0 radical (unpaired) electrons. The van der Waals surface area contributed by atoms with E-state index in [0.717, 1.165) is 24.8 Å². The summed E-state index contributed by atoms with van der Waals surface area (Å²) in [7, 11) is 0. The third kappa shape index (κ3) is 3.59. The van der Waals surface area contributed by atoms with Gasteiger partial charge in [0.05, 0.1) is 6.10 Å². The number of hydrogen-bond acceptors (Lipinski definition) is 3. The van der Waals surface area contributed by atoms with Crippen molar-refractivity contribution in [3.63, 3.8) is 0 Å². The fraction of sp³-hybridized carbons (Fsp3) is 0.700. The molecule has 0 aromatic heterocycles. The van der Waals surface area contributed by atoms with E-state index < -0.39 is 0 Å². The van der Waals surface area contributed by atoms with E-state index in [4.69, 9.17) is 4.89 Å². The van der Waals surface area contributed by atoms with Crippen molar-refractivity contribution in [2.45, 2.75) is 45.6 Å². The minimum Gasteiger partial charge on any atom is -0.293 e. The molecule has 1 aliphatic carbocycles. The van der Waals surface area contributed by atoms with Crippen molar-refractivity contribution in [2.75, 3.05) is 0 Å². The van der Waals surface area contributed by atoms with E-state index in [0.29, 0.717) is 0 Å². The molecule has 0 fully saturated rings. The first-order valence-electron chi connectivity index (χ1n) is 4.77. The van der Waals surface area contributed by atoms with Gasteiger partial charge in [0.2, 0.25) is 0 Å². The fourth-order valence-electron chi connectivity index (χ4n) is 1.22. The van der Waals surface area contributed by atoms with Gasteiger partial charge in [-0.1, -0.05) is 6.08 Å². The molecule has 1 rings (SSSR count). The van der Waals surface area contributed by atoms with E-state index in [-0.39, 0.29) is 12.1 Å². The Bertz CT molecular complexity index is 206. The summed E-state index contributed by atoms with van der Waals surface area (Å²) in [6.45, 7) is 3.64. The molecule has 0 aromatic rings. The molecule has 0 heterocycles. The van der Waals surface area contributed by atoms with E-state index in [9.17, 15) is 4.79 Å². The van der Waals surface area contributed by atoms with Crippen LogP contribution in [-0.4, -0.2) is 12.1 Å². The van der Waals surface area contributed by atoms with Gasteiger partial charge in [0.25, 0.3) is 0 Å². The summed E-state index contributed by atoms with van der Waals surface area (Å²) in [5.41, 5.74) is 0.756. The Morgan fingerprint density at radius 3 is 2.77 bits per heavy atom. The van der Waals surface area contributed by atoms with Crippen molar-refractivity contribution in [1.29, 1.82) is 0 Å². The van der Waals surface area contributed by atoms with E-state index in [1.807, 2.05) is 19.9 Å². The predicted octanol–water partition coefficient (Wildman–Crippen LogP) is 2.37. The summed E-state index contributed by atoms with van der Waals surface area (Å²) in [5.74, 6) is -0.326. The standard InChI is InChI=1S/C10H16O3/c1-8(2)12-13-10(11)9-6-4-3-5-7-9/h6,8H,3-5,7H2,1-2H3. The van der Waals surface area contributed by atoms with Crippen LogP contribution in [-0.2, 0) is 14.6 Å². The molecule has 0 N–H and O–H groups in total. The molecule has 1 aliphatic rings. The van der Waals surface area contributed by atoms with Crippen molar-refractivity contribution in [3.05, 3.63) is 11.6 Å². The number of rotatable bonds is 3. The predicted molar refractivity (Wildman–Crippen MR) is 48.9 cm³/mol. The monoisotopic (exact) mass is 184 g/mol. The summed E-state index contributed by atoms with van der Waals surface area (Å²) in [4.78, 5) is 20.7. The summed E-state index contributed by atoms with van der Waals surface area (Å²) in [6.07, 6.45) is 5.90. The van der Waals surface area contributed by atoms with Crippen LogP contribution in [0.2, 0.25) is 0 Å². The van der Waals surface area contributed by atoms with Crippen LogP contribution in [0.25, 0.3) is 0 Å². The smallest absolute Gasteiger partial charge is 0.293 e. The third-order valence-corrected chi connectivity index (χ3v) is 1.87. The van der Waals surface area contributed by atoms with Gasteiger partial charge in [-0.3, -0.25) is 4.89 Å². The molecule has 0 amide bonds. The van der Waals surface area contributed by atoms with Crippen molar-refractivity contribution >= 4 is 5.97 Å². The van der Waals surface area contributed by atoms with Gasteiger partial charge in [-0.2, -0.15) is 4.89 Å². The maximum absolute atomic E-state index is 11.3. The molecule has 74 valence electrons. The van der Waals surface area contributed by atoms with Gasteiger partial charge in [0.1, 0.15) is 0 Å². The molecule has 0 aromatic carbocycles. The number of hydrogen-bond donors (Lipinski definition) is 0. The maximum Gasteiger partial charge on any atom is 0.368 e. The highest BCUT2D eigenvalue weighted by molar-refractivity contribution is 5.88. The minimum absolute atomic E-state index is 0.0758. The van der Waals surface area contributed by atoms with Crippen molar-refractivity contribution in [3.8, 4) is 0 Å². The van der Waals surface area contributed by atoms with Gasteiger partial charge in [0.15, 0.2) is 0 Å². The van der Waals surface area contributed by atoms with Crippen LogP contribution in [0.5, 0.6) is 0 Å². The first-order chi connectivity index (χ1) is 6.20. The molecular weight excluding hydrogens is 168 g/mol. The molecular formula is C10H16O3. The second kappa shape index (κ2) is 5.02. The zero-order chi connectivity index (χ0) is 9.68. The first-order valence-corrected chi connectivity index (χ1v) is 4.77. The third-order valence-electron chi connectivity index (χ3n) is 1.87. The number of allylic oxidation sites excluding steroid dienone is 1. The second-order valence-electron chi connectivity index (χ2n) is 3.49. The minimum atomic E-state index is -0.326. The van der Waals surface area contributed by atoms with Crippen LogP contribution in [0.15, 0.2) is 11.6 Å². The molecule has 0 saturated heterocycles. The Morgan fingerprint density at radius 1 is 1.46 bits per heavy atom. The Hall–Kier alpha value is -0.830. The van der Waals surface area contributed by atoms with Gasteiger partial charge < -0.3 is 0 Å². The van der Waals surface area contributed by atoms with Crippen LogP contribution < -0.4 is 0 Å². The molecule has 3 nitrogen and oxygen atoms in total. The number of carbonyl (C=O) groups is 1. The normalized spacial score (nSPS) is 17.0. The van der Waals surface area contributed by atoms with E-state index in [2.05, 4.69) is 4.89 Å². The lowest BCUT2D eigenvalue weighted by Gasteiger charge is -2.11. The highest BCUT2D eigenvalue weighted by Crippen LogP contribution is 2.18. The summed E-state index contributed by atoms with van der Waals surface area (Å²) in [5, 5.41) is 0. The average Bonchev–Trinajstić information content (AvgIpc) is 2.15. The molecule has 0 unspecified atom stereocenters. The molecule has 0 atom stereocenters. The Kier molecular flexibility index (Phi) is 3.96. The first kappa shape index (κ1) is 10.3. The summed E-state index contributed by atoms with van der Waals surface area (Å²) in [6, 6.07) is 0. The van der Waals surface area contributed by atoms with Crippen LogP contribution in [0, 0.1) is 0 Å². The topological polar surface area (TPSA) is 35.5 Å². The van der Waals surface area contributed by atoms with E-state index in [1.165, 1.54) is 6.42 Å². The van der Waals surface area contributed by atoms with E-state index >= 15 is 0 Å². The van der Waals surface area contributed by atoms with Gasteiger partial charge in [-0.25, -0.2) is 4.79 Å².